The molecule has 74 valence electrons. The van der Waals surface area contributed by atoms with Gasteiger partial charge in [0.05, 0.1) is 8.22 Å². The van der Waals surface area contributed by atoms with Crippen LogP contribution in [0.2, 0.25) is 0 Å². The number of rotatable bonds is 1. The van der Waals surface area contributed by atoms with E-state index in [9.17, 15) is 0 Å². The summed E-state index contributed by atoms with van der Waals surface area (Å²) in [4.78, 5) is 0. The maximum absolute atomic E-state index is 2.39. The summed E-state index contributed by atoms with van der Waals surface area (Å²) in [6.07, 6.45) is 4.38. The molecule has 0 aliphatic carbocycles. The predicted molar refractivity (Wildman–Crippen MR) is 62.5 cm³/mol. The van der Waals surface area contributed by atoms with E-state index in [0.717, 1.165) is 6.54 Å². The fourth-order valence-electron chi connectivity index (χ4n) is 1.67. The molecule has 0 saturated heterocycles. The zero-order valence-electron chi connectivity index (χ0n) is 8.59. The predicted octanol–water partition coefficient (Wildman–Crippen LogP) is 2.01. The monoisotopic (exact) mass is 206 g/mol. The molecule has 0 amide bonds. The highest BCUT2D eigenvalue weighted by Crippen LogP contribution is 2.42. The normalized spacial score (nSPS) is 22.7. The Bertz CT molecular complexity index is 323. The summed E-state index contributed by atoms with van der Waals surface area (Å²) < 4.78 is 4.69. The molecule has 0 fully saturated rings. The van der Waals surface area contributed by atoms with E-state index in [4.69, 9.17) is 0 Å². The summed E-state index contributed by atoms with van der Waals surface area (Å²) in [6.45, 7) is 1.05. The number of hydrogen-bond donors (Lipinski definition) is 0. The Morgan fingerprint density at radius 3 is 2.50 bits per heavy atom. The molecule has 0 N–H and O–H groups in total. The maximum Gasteiger partial charge on any atom is 0.0996 e. The van der Waals surface area contributed by atoms with E-state index in [1.807, 2.05) is 0 Å². The minimum absolute atomic E-state index is 0.309. The molecule has 1 aromatic rings. The molecule has 1 aliphatic heterocycles. The SMILES string of the molecule is CN1C=CCN(C)P1c1ccccc1. The van der Waals surface area contributed by atoms with Crippen molar-refractivity contribution >= 4 is 13.5 Å². The quantitative estimate of drug-likeness (QED) is 0.648. The Kier molecular flexibility index (Phi) is 2.85. The summed E-state index contributed by atoms with van der Waals surface area (Å²) in [6, 6.07) is 10.7. The second kappa shape index (κ2) is 4.12. The Balaban J connectivity index is 2.29. The van der Waals surface area contributed by atoms with E-state index in [2.05, 4.69) is 66.0 Å². The second-order valence-corrected chi connectivity index (χ2v) is 5.83. The van der Waals surface area contributed by atoms with E-state index < -0.39 is 0 Å². The minimum Gasteiger partial charge on any atom is -0.344 e. The van der Waals surface area contributed by atoms with Crippen molar-refractivity contribution in [3.05, 3.63) is 42.6 Å². The van der Waals surface area contributed by atoms with Crippen LogP contribution in [0.4, 0.5) is 0 Å². The van der Waals surface area contributed by atoms with Crippen molar-refractivity contribution in [1.29, 1.82) is 0 Å². The largest absolute Gasteiger partial charge is 0.344 e. The average Bonchev–Trinajstić information content (AvgIpc) is 2.19. The van der Waals surface area contributed by atoms with Crippen LogP contribution in [-0.2, 0) is 0 Å². The number of nitrogens with zero attached hydrogens (tertiary/aromatic N) is 2. The summed E-state index contributed by atoms with van der Waals surface area (Å²) in [5.41, 5.74) is 0. The molecule has 2 rings (SSSR count). The van der Waals surface area contributed by atoms with Crippen molar-refractivity contribution in [2.24, 2.45) is 0 Å². The number of benzene rings is 1. The van der Waals surface area contributed by atoms with Crippen molar-refractivity contribution in [3.8, 4) is 0 Å². The Hall–Kier alpha value is -0.850. The fourth-order valence-corrected chi connectivity index (χ4v) is 3.82. The van der Waals surface area contributed by atoms with Crippen molar-refractivity contribution in [3.63, 3.8) is 0 Å². The van der Waals surface area contributed by atoms with Crippen molar-refractivity contribution < 1.29 is 0 Å². The first-order chi connectivity index (χ1) is 6.79. The van der Waals surface area contributed by atoms with Crippen LogP contribution < -0.4 is 5.30 Å². The summed E-state index contributed by atoms with van der Waals surface area (Å²) >= 11 is 0. The molecule has 0 bridgehead atoms. The molecule has 2 nitrogen and oxygen atoms in total. The molecular formula is C11H15N2P. The van der Waals surface area contributed by atoms with Crippen molar-refractivity contribution in [2.75, 3.05) is 20.6 Å². The van der Waals surface area contributed by atoms with Gasteiger partial charge in [0.2, 0.25) is 0 Å². The van der Waals surface area contributed by atoms with Crippen LogP contribution in [0.15, 0.2) is 42.6 Å². The van der Waals surface area contributed by atoms with Gasteiger partial charge < -0.3 is 4.67 Å². The lowest BCUT2D eigenvalue weighted by molar-refractivity contribution is 0.543. The van der Waals surface area contributed by atoms with Crippen LogP contribution >= 0.6 is 8.22 Å². The Labute approximate surface area is 86.7 Å². The van der Waals surface area contributed by atoms with Crippen LogP contribution in [0.5, 0.6) is 0 Å². The lowest BCUT2D eigenvalue weighted by atomic mass is 10.4. The molecule has 1 aromatic carbocycles. The molecule has 1 aliphatic rings. The van der Waals surface area contributed by atoms with Gasteiger partial charge in [-0.05, 0) is 7.05 Å². The molecule has 0 spiro atoms. The third-order valence-corrected chi connectivity index (χ3v) is 4.60. The van der Waals surface area contributed by atoms with Crippen LogP contribution in [0.1, 0.15) is 0 Å². The van der Waals surface area contributed by atoms with Gasteiger partial charge in [0.15, 0.2) is 0 Å². The van der Waals surface area contributed by atoms with E-state index >= 15 is 0 Å². The summed E-state index contributed by atoms with van der Waals surface area (Å²) in [7, 11) is 4.01. The number of likely N-dealkylation sites (N-methyl/N-ethyl adjacent to an activating group) is 1. The first-order valence-corrected chi connectivity index (χ1v) is 5.99. The highest BCUT2D eigenvalue weighted by Gasteiger charge is 2.21. The van der Waals surface area contributed by atoms with Gasteiger partial charge in [-0.15, -0.1) is 0 Å². The van der Waals surface area contributed by atoms with Gasteiger partial charge in [-0.2, -0.15) is 0 Å². The van der Waals surface area contributed by atoms with E-state index in [0.29, 0.717) is 0 Å². The van der Waals surface area contributed by atoms with Gasteiger partial charge in [-0.1, -0.05) is 36.4 Å². The molecule has 0 saturated carbocycles. The molecule has 0 aromatic heterocycles. The van der Waals surface area contributed by atoms with Gasteiger partial charge in [0, 0.05) is 25.1 Å². The van der Waals surface area contributed by atoms with Gasteiger partial charge in [0.25, 0.3) is 0 Å². The van der Waals surface area contributed by atoms with Gasteiger partial charge in [-0.25, -0.2) is 0 Å². The molecule has 1 unspecified atom stereocenters. The zero-order chi connectivity index (χ0) is 9.97. The first kappa shape index (κ1) is 9.70. The summed E-state index contributed by atoms with van der Waals surface area (Å²) in [5, 5.41) is 1.41. The lowest BCUT2D eigenvalue weighted by Gasteiger charge is -2.36. The molecule has 14 heavy (non-hydrogen) atoms. The standard InChI is InChI=1S/C11H15N2P/c1-12-9-6-10-13(2)14(12)11-7-4-3-5-8-11/h3-9H,10H2,1-2H3. The Morgan fingerprint density at radius 2 is 1.86 bits per heavy atom. The highest BCUT2D eigenvalue weighted by molar-refractivity contribution is 7.61. The minimum atomic E-state index is -0.309. The third kappa shape index (κ3) is 1.82. The third-order valence-electron chi connectivity index (χ3n) is 2.30. The average molecular weight is 206 g/mol. The highest BCUT2D eigenvalue weighted by atomic mass is 31.1. The molecular weight excluding hydrogens is 191 g/mol. The van der Waals surface area contributed by atoms with Crippen molar-refractivity contribution in [1.82, 2.24) is 9.34 Å². The van der Waals surface area contributed by atoms with Gasteiger partial charge in [-0.3, -0.25) is 4.67 Å². The topological polar surface area (TPSA) is 6.48 Å². The smallest absolute Gasteiger partial charge is 0.0996 e. The number of hydrogen-bond acceptors (Lipinski definition) is 2. The zero-order valence-corrected chi connectivity index (χ0v) is 9.48. The van der Waals surface area contributed by atoms with E-state index in [1.54, 1.807) is 0 Å². The molecule has 3 heteroatoms. The van der Waals surface area contributed by atoms with E-state index in [1.165, 1.54) is 5.30 Å². The fraction of sp³-hybridized carbons (Fsp3) is 0.273. The molecule has 1 atom stereocenters. The van der Waals surface area contributed by atoms with Crippen molar-refractivity contribution in [2.45, 2.75) is 0 Å². The molecule has 1 heterocycles. The maximum atomic E-state index is 2.39. The van der Waals surface area contributed by atoms with Gasteiger partial charge >= 0.3 is 0 Å². The summed E-state index contributed by atoms with van der Waals surface area (Å²) in [5.74, 6) is 0. The van der Waals surface area contributed by atoms with Crippen LogP contribution in [0, 0.1) is 0 Å². The van der Waals surface area contributed by atoms with Gasteiger partial charge in [0.1, 0.15) is 0 Å². The Morgan fingerprint density at radius 1 is 1.14 bits per heavy atom. The van der Waals surface area contributed by atoms with Crippen LogP contribution in [0.3, 0.4) is 0 Å². The molecule has 0 radical (unpaired) electrons. The van der Waals surface area contributed by atoms with Crippen LogP contribution in [-0.4, -0.2) is 30.0 Å². The van der Waals surface area contributed by atoms with Crippen LogP contribution in [0.25, 0.3) is 0 Å². The first-order valence-electron chi connectivity index (χ1n) is 4.74. The lowest BCUT2D eigenvalue weighted by Crippen LogP contribution is -2.29. The van der Waals surface area contributed by atoms with E-state index in [-0.39, 0.29) is 8.22 Å². The second-order valence-electron chi connectivity index (χ2n) is 3.42.